The number of hydrogen-bond donors (Lipinski definition) is 1. The van der Waals surface area contributed by atoms with Crippen LogP contribution < -0.4 is 10.6 Å². The Labute approximate surface area is 106 Å². The second kappa shape index (κ2) is 4.82. The molecule has 0 spiro atoms. The van der Waals surface area contributed by atoms with Gasteiger partial charge in [-0.15, -0.1) is 0 Å². The van der Waals surface area contributed by atoms with E-state index in [1.54, 1.807) is 6.26 Å². The molecule has 0 bridgehead atoms. The molecule has 0 saturated heterocycles. The summed E-state index contributed by atoms with van der Waals surface area (Å²) < 4.78 is 5.42. The van der Waals surface area contributed by atoms with Crippen LogP contribution in [0.15, 0.2) is 41.1 Å². The molecule has 4 nitrogen and oxygen atoms in total. The number of nitrogens with zero attached hydrogens (tertiary/aromatic N) is 2. The maximum Gasteiger partial charge on any atom is 0.129 e. The van der Waals surface area contributed by atoms with Gasteiger partial charge in [-0.05, 0) is 36.6 Å². The summed E-state index contributed by atoms with van der Waals surface area (Å²) in [5.41, 5.74) is 6.65. The predicted octanol–water partition coefficient (Wildman–Crippen LogP) is 2.30. The highest BCUT2D eigenvalue weighted by atomic mass is 16.3. The average Bonchev–Trinajstić information content (AvgIpc) is 3.13. The Balaban J connectivity index is 1.80. The van der Waals surface area contributed by atoms with Crippen molar-refractivity contribution in [2.45, 2.75) is 32.0 Å². The highest BCUT2D eigenvalue weighted by Gasteiger charge is 2.30. The Bertz CT molecular complexity index is 488. The number of pyridine rings is 1. The lowest BCUT2D eigenvalue weighted by Gasteiger charge is -2.22. The van der Waals surface area contributed by atoms with Crippen LogP contribution in [-0.2, 0) is 13.1 Å². The topological polar surface area (TPSA) is 55.3 Å². The Morgan fingerprint density at radius 2 is 2.22 bits per heavy atom. The molecule has 1 aliphatic rings. The fourth-order valence-electron chi connectivity index (χ4n) is 2.06. The number of hydrogen-bond acceptors (Lipinski definition) is 4. The summed E-state index contributed by atoms with van der Waals surface area (Å²) in [6.45, 7) is 1.32. The Morgan fingerprint density at radius 3 is 2.78 bits per heavy atom. The smallest absolute Gasteiger partial charge is 0.129 e. The molecule has 0 radical (unpaired) electrons. The third kappa shape index (κ3) is 2.38. The highest BCUT2D eigenvalue weighted by Crippen LogP contribution is 2.32. The zero-order valence-corrected chi connectivity index (χ0v) is 10.2. The Kier molecular flexibility index (Phi) is 3.02. The van der Waals surface area contributed by atoms with Crippen LogP contribution in [0.3, 0.4) is 0 Å². The molecule has 18 heavy (non-hydrogen) atoms. The standard InChI is InChI=1S/C14H17N3O/c15-8-11-3-6-14(16-9-11)17(12-4-5-12)10-13-2-1-7-18-13/h1-3,6-7,9,12H,4-5,8,10,15H2. The summed E-state index contributed by atoms with van der Waals surface area (Å²) in [5, 5.41) is 0. The molecule has 0 aromatic carbocycles. The van der Waals surface area contributed by atoms with Crippen molar-refractivity contribution in [2.75, 3.05) is 4.90 Å². The number of anilines is 1. The Hall–Kier alpha value is -1.81. The SMILES string of the molecule is NCc1ccc(N(Cc2ccco2)C2CC2)nc1. The zero-order chi connectivity index (χ0) is 12.4. The number of furan rings is 1. The fourth-order valence-corrected chi connectivity index (χ4v) is 2.06. The maximum atomic E-state index is 5.59. The third-order valence-corrected chi connectivity index (χ3v) is 3.23. The van der Waals surface area contributed by atoms with Crippen LogP contribution in [0.1, 0.15) is 24.2 Å². The Morgan fingerprint density at radius 1 is 1.33 bits per heavy atom. The predicted molar refractivity (Wildman–Crippen MR) is 70.0 cm³/mol. The largest absolute Gasteiger partial charge is 0.467 e. The van der Waals surface area contributed by atoms with E-state index in [4.69, 9.17) is 10.2 Å². The third-order valence-electron chi connectivity index (χ3n) is 3.23. The molecule has 1 fully saturated rings. The minimum Gasteiger partial charge on any atom is -0.467 e. The van der Waals surface area contributed by atoms with Crippen molar-refractivity contribution >= 4 is 5.82 Å². The van der Waals surface area contributed by atoms with Crippen molar-refractivity contribution in [2.24, 2.45) is 5.73 Å². The van der Waals surface area contributed by atoms with Crippen LogP contribution in [0.4, 0.5) is 5.82 Å². The van der Waals surface area contributed by atoms with E-state index in [1.165, 1.54) is 12.8 Å². The van der Waals surface area contributed by atoms with Crippen molar-refractivity contribution in [3.05, 3.63) is 48.0 Å². The van der Waals surface area contributed by atoms with Crippen LogP contribution in [0.25, 0.3) is 0 Å². The minimum atomic E-state index is 0.537. The van der Waals surface area contributed by atoms with Gasteiger partial charge in [0.2, 0.25) is 0 Å². The number of aromatic nitrogens is 1. The molecular formula is C14H17N3O. The zero-order valence-electron chi connectivity index (χ0n) is 10.2. The van der Waals surface area contributed by atoms with Gasteiger partial charge in [0.1, 0.15) is 11.6 Å². The molecular weight excluding hydrogens is 226 g/mol. The summed E-state index contributed by atoms with van der Waals surface area (Å²) in [7, 11) is 0. The normalized spacial score (nSPS) is 14.7. The van der Waals surface area contributed by atoms with E-state index in [9.17, 15) is 0 Å². The summed E-state index contributed by atoms with van der Waals surface area (Å²) in [6.07, 6.45) is 6.04. The van der Waals surface area contributed by atoms with Crippen molar-refractivity contribution in [3.63, 3.8) is 0 Å². The molecule has 4 heteroatoms. The van der Waals surface area contributed by atoms with Gasteiger partial charge in [-0.25, -0.2) is 4.98 Å². The molecule has 3 rings (SSSR count). The summed E-state index contributed by atoms with van der Waals surface area (Å²) in [5.74, 6) is 1.98. The molecule has 2 N–H and O–H groups in total. The van der Waals surface area contributed by atoms with E-state index in [-0.39, 0.29) is 0 Å². The van der Waals surface area contributed by atoms with Crippen molar-refractivity contribution in [1.82, 2.24) is 4.98 Å². The summed E-state index contributed by atoms with van der Waals surface area (Å²) >= 11 is 0. The van der Waals surface area contributed by atoms with Crippen molar-refractivity contribution in [1.29, 1.82) is 0 Å². The van der Waals surface area contributed by atoms with Gasteiger partial charge in [-0.2, -0.15) is 0 Å². The van der Waals surface area contributed by atoms with Gasteiger partial charge in [-0.3, -0.25) is 0 Å². The lowest BCUT2D eigenvalue weighted by atomic mass is 10.2. The second-order valence-electron chi connectivity index (χ2n) is 4.67. The molecule has 0 atom stereocenters. The first-order valence-electron chi connectivity index (χ1n) is 6.31. The molecule has 94 valence electrons. The average molecular weight is 243 g/mol. The van der Waals surface area contributed by atoms with Gasteiger partial charge in [0, 0.05) is 18.8 Å². The van der Waals surface area contributed by atoms with E-state index >= 15 is 0 Å². The second-order valence-corrected chi connectivity index (χ2v) is 4.67. The van der Waals surface area contributed by atoms with Crippen LogP contribution in [-0.4, -0.2) is 11.0 Å². The molecule has 2 aromatic rings. The fraction of sp³-hybridized carbons (Fsp3) is 0.357. The van der Waals surface area contributed by atoms with E-state index in [1.807, 2.05) is 30.5 Å². The minimum absolute atomic E-state index is 0.537. The molecule has 0 aliphatic heterocycles. The maximum absolute atomic E-state index is 5.59. The first kappa shape index (κ1) is 11.3. The first-order valence-corrected chi connectivity index (χ1v) is 6.31. The molecule has 2 heterocycles. The van der Waals surface area contributed by atoms with Gasteiger partial charge in [0.25, 0.3) is 0 Å². The number of nitrogens with two attached hydrogens (primary N) is 1. The van der Waals surface area contributed by atoms with Crippen LogP contribution in [0.5, 0.6) is 0 Å². The molecule has 2 aromatic heterocycles. The van der Waals surface area contributed by atoms with Crippen molar-refractivity contribution < 1.29 is 4.42 Å². The first-order chi connectivity index (χ1) is 8.86. The highest BCUT2D eigenvalue weighted by molar-refractivity contribution is 5.42. The molecule has 1 aliphatic carbocycles. The molecule has 1 saturated carbocycles. The lowest BCUT2D eigenvalue weighted by molar-refractivity contribution is 0.500. The monoisotopic (exact) mass is 243 g/mol. The van der Waals surface area contributed by atoms with Gasteiger partial charge in [0.05, 0.1) is 12.8 Å². The lowest BCUT2D eigenvalue weighted by Crippen LogP contribution is -2.25. The summed E-state index contributed by atoms with van der Waals surface area (Å²) in [6, 6.07) is 8.62. The van der Waals surface area contributed by atoms with E-state index in [0.717, 1.165) is 23.7 Å². The van der Waals surface area contributed by atoms with E-state index in [2.05, 4.69) is 9.88 Å². The van der Waals surface area contributed by atoms with Crippen LogP contribution in [0.2, 0.25) is 0 Å². The van der Waals surface area contributed by atoms with Crippen LogP contribution in [0, 0.1) is 0 Å². The molecule has 0 unspecified atom stereocenters. The number of rotatable bonds is 5. The van der Waals surface area contributed by atoms with E-state index in [0.29, 0.717) is 12.6 Å². The van der Waals surface area contributed by atoms with E-state index < -0.39 is 0 Å². The molecule has 0 amide bonds. The van der Waals surface area contributed by atoms with Gasteiger partial charge in [-0.1, -0.05) is 6.07 Å². The van der Waals surface area contributed by atoms with Gasteiger partial charge in [0.15, 0.2) is 0 Å². The van der Waals surface area contributed by atoms with Gasteiger partial charge < -0.3 is 15.1 Å². The van der Waals surface area contributed by atoms with Crippen LogP contribution >= 0.6 is 0 Å². The van der Waals surface area contributed by atoms with Crippen molar-refractivity contribution in [3.8, 4) is 0 Å². The van der Waals surface area contributed by atoms with Gasteiger partial charge >= 0.3 is 0 Å². The summed E-state index contributed by atoms with van der Waals surface area (Å²) in [4.78, 5) is 6.80. The quantitative estimate of drug-likeness (QED) is 0.875.